The van der Waals surface area contributed by atoms with Crippen molar-refractivity contribution in [2.75, 3.05) is 4.72 Å². The third kappa shape index (κ3) is 3.78. The van der Waals surface area contributed by atoms with Crippen molar-refractivity contribution in [3.8, 4) is 0 Å². The maximum atomic E-state index is 13.5. The van der Waals surface area contributed by atoms with Gasteiger partial charge in [-0.05, 0) is 36.4 Å². The summed E-state index contributed by atoms with van der Waals surface area (Å²) in [6.45, 7) is 0. The molecule has 0 heterocycles. The second-order valence-corrected chi connectivity index (χ2v) is 7.16. The van der Waals surface area contributed by atoms with Gasteiger partial charge in [-0.15, -0.1) is 0 Å². The van der Waals surface area contributed by atoms with Crippen molar-refractivity contribution in [2.24, 2.45) is 5.73 Å². The Morgan fingerprint density at radius 3 is 2.57 bits per heavy atom. The lowest BCUT2D eigenvalue weighted by molar-refractivity contribution is 0.601. The first-order valence-electron chi connectivity index (χ1n) is 5.67. The Balaban J connectivity index is 2.37. The number of rotatable bonds is 4. The van der Waals surface area contributed by atoms with Crippen molar-refractivity contribution in [1.29, 1.82) is 0 Å². The molecule has 0 radical (unpaired) electrons. The molecule has 0 atom stereocenters. The first-order chi connectivity index (χ1) is 9.79. The summed E-state index contributed by atoms with van der Waals surface area (Å²) in [6, 6.07) is 9.88. The Bertz CT molecular complexity index is 810. The fraction of sp³-hybridized carbons (Fsp3) is 0. The van der Waals surface area contributed by atoms with Crippen LogP contribution in [0.5, 0.6) is 0 Å². The van der Waals surface area contributed by atoms with E-state index in [0.29, 0.717) is 4.47 Å². The summed E-state index contributed by atoms with van der Waals surface area (Å²) >= 11 is 7.92. The predicted molar refractivity (Wildman–Crippen MR) is 87.2 cm³/mol. The maximum absolute atomic E-state index is 13.5. The molecule has 0 unspecified atom stereocenters. The van der Waals surface area contributed by atoms with E-state index in [1.165, 1.54) is 24.3 Å². The first-order valence-corrected chi connectivity index (χ1v) is 8.36. The number of halogens is 2. The molecular weight excluding hydrogens is 379 g/mol. The summed E-state index contributed by atoms with van der Waals surface area (Å²) in [6.07, 6.45) is 0. The van der Waals surface area contributed by atoms with Crippen LogP contribution in [-0.2, 0) is 10.0 Å². The van der Waals surface area contributed by atoms with Crippen molar-refractivity contribution in [3.63, 3.8) is 0 Å². The summed E-state index contributed by atoms with van der Waals surface area (Å²) in [4.78, 5) is -0.0610. The molecule has 4 nitrogen and oxygen atoms in total. The Kier molecular flexibility index (Phi) is 4.60. The maximum Gasteiger partial charge on any atom is 0.261 e. The Hall–Kier alpha value is -1.51. The Labute approximate surface area is 135 Å². The van der Waals surface area contributed by atoms with E-state index >= 15 is 0 Å². The second kappa shape index (κ2) is 6.08. The summed E-state index contributed by atoms with van der Waals surface area (Å²) in [5, 5.41) is 0. The average molecular weight is 389 g/mol. The zero-order valence-electron chi connectivity index (χ0n) is 10.5. The topological polar surface area (TPSA) is 72.2 Å². The molecule has 0 saturated heterocycles. The zero-order chi connectivity index (χ0) is 15.6. The standard InChI is InChI=1S/C13H10BrFN2O2S2/c14-8-2-1-3-10(6-8)21(18,19)17-9-4-5-12(15)11(7-9)13(16)20/h1-7,17H,(H2,16,20). The van der Waals surface area contributed by atoms with Crippen LogP contribution in [0.3, 0.4) is 0 Å². The highest BCUT2D eigenvalue weighted by Crippen LogP contribution is 2.21. The Morgan fingerprint density at radius 1 is 1.24 bits per heavy atom. The fourth-order valence-corrected chi connectivity index (χ4v) is 3.43. The molecule has 0 amide bonds. The van der Waals surface area contributed by atoms with E-state index in [-0.39, 0.29) is 21.1 Å². The van der Waals surface area contributed by atoms with Crippen molar-refractivity contribution in [3.05, 3.63) is 58.3 Å². The number of benzene rings is 2. The van der Waals surface area contributed by atoms with E-state index in [2.05, 4.69) is 20.7 Å². The molecule has 0 spiro atoms. The van der Waals surface area contributed by atoms with E-state index in [9.17, 15) is 12.8 Å². The van der Waals surface area contributed by atoms with Gasteiger partial charge in [0, 0.05) is 15.7 Å². The third-order valence-electron chi connectivity index (χ3n) is 2.59. The highest BCUT2D eigenvalue weighted by molar-refractivity contribution is 9.10. The van der Waals surface area contributed by atoms with Gasteiger partial charge in [0.15, 0.2) is 0 Å². The van der Waals surface area contributed by atoms with E-state index in [1.54, 1.807) is 12.1 Å². The zero-order valence-corrected chi connectivity index (χ0v) is 13.7. The number of nitrogens with one attached hydrogen (secondary N) is 1. The molecule has 110 valence electrons. The van der Waals surface area contributed by atoms with Crippen LogP contribution in [0.1, 0.15) is 5.56 Å². The molecule has 2 aromatic rings. The molecule has 0 aromatic heterocycles. The van der Waals surface area contributed by atoms with Crippen molar-refractivity contribution in [2.45, 2.75) is 4.90 Å². The molecule has 0 aliphatic heterocycles. The second-order valence-electron chi connectivity index (χ2n) is 4.12. The van der Waals surface area contributed by atoms with Crippen LogP contribution in [0.25, 0.3) is 0 Å². The lowest BCUT2D eigenvalue weighted by Crippen LogP contribution is -2.15. The number of hydrogen-bond acceptors (Lipinski definition) is 3. The number of nitrogens with two attached hydrogens (primary N) is 1. The number of thiocarbonyl (C=S) groups is 1. The molecule has 3 N–H and O–H groups in total. The highest BCUT2D eigenvalue weighted by Gasteiger charge is 2.15. The van der Waals surface area contributed by atoms with Gasteiger partial charge in [-0.3, -0.25) is 4.72 Å². The molecule has 2 rings (SSSR count). The van der Waals surface area contributed by atoms with Gasteiger partial charge in [0.1, 0.15) is 10.8 Å². The molecule has 21 heavy (non-hydrogen) atoms. The highest BCUT2D eigenvalue weighted by atomic mass is 79.9. The molecule has 0 bridgehead atoms. The number of hydrogen-bond donors (Lipinski definition) is 2. The summed E-state index contributed by atoms with van der Waals surface area (Å²) in [7, 11) is -3.78. The van der Waals surface area contributed by atoms with Crippen LogP contribution in [0.2, 0.25) is 0 Å². The Morgan fingerprint density at radius 2 is 1.95 bits per heavy atom. The first kappa shape index (κ1) is 15.9. The van der Waals surface area contributed by atoms with Gasteiger partial charge in [0.2, 0.25) is 0 Å². The summed E-state index contributed by atoms with van der Waals surface area (Å²) in [5.74, 6) is -0.604. The number of sulfonamides is 1. The lowest BCUT2D eigenvalue weighted by Gasteiger charge is -2.10. The van der Waals surface area contributed by atoms with Crippen molar-refractivity contribution < 1.29 is 12.8 Å². The predicted octanol–water partition coefficient (Wildman–Crippen LogP) is 3.02. The number of anilines is 1. The lowest BCUT2D eigenvalue weighted by atomic mass is 10.2. The molecule has 0 fully saturated rings. The minimum absolute atomic E-state index is 0.0144. The van der Waals surface area contributed by atoms with Crippen LogP contribution in [0, 0.1) is 5.82 Å². The molecule has 0 aliphatic rings. The van der Waals surface area contributed by atoms with E-state index in [1.807, 2.05) is 0 Å². The quantitative estimate of drug-likeness (QED) is 0.789. The van der Waals surface area contributed by atoms with E-state index in [4.69, 9.17) is 18.0 Å². The molecule has 8 heteroatoms. The average Bonchev–Trinajstić information content (AvgIpc) is 2.40. The van der Waals surface area contributed by atoms with Gasteiger partial charge in [-0.25, -0.2) is 12.8 Å². The third-order valence-corrected chi connectivity index (χ3v) is 4.68. The van der Waals surface area contributed by atoms with E-state index in [0.717, 1.165) is 6.07 Å². The molecule has 0 saturated carbocycles. The van der Waals surface area contributed by atoms with Crippen molar-refractivity contribution >= 4 is 48.8 Å². The van der Waals surface area contributed by atoms with Gasteiger partial charge in [-0.2, -0.15) is 0 Å². The van der Waals surface area contributed by atoms with Gasteiger partial charge >= 0.3 is 0 Å². The minimum Gasteiger partial charge on any atom is -0.389 e. The SMILES string of the molecule is NC(=S)c1cc(NS(=O)(=O)c2cccc(Br)c2)ccc1F. The largest absolute Gasteiger partial charge is 0.389 e. The van der Waals surface area contributed by atoms with Crippen LogP contribution in [-0.4, -0.2) is 13.4 Å². The molecular formula is C13H10BrFN2O2S2. The summed E-state index contributed by atoms with van der Waals surface area (Å²) < 4.78 is 40.9. The van der Waals surface area contributed by atoms with Gasteiger partial charge in [-0.1, -0.05) is 34.2 Å². The monoisotopic (exact) mass is 388 g/mol. The van der Waals surface area contributed by atoms with Gasteiger partial charge in [0.05, 0.1) is 4.90 Å². The minimum atomic E-state index is -3.78. The van der Waals surface area contributed by atoms with E-state index < -0.39 is 15.8 Å². The van der Waals surface area contributed by atoms with Crippen LogP contribution in [0.15, 0.2) is 51.8 Å². The van der Waals surface area contributed by atoms with Gasteiger partial charge < -0.3 is 5.73 Å². The van der Waals surface area contributed by atoms with Crippen molar-refractivity contribution in [1.82, 2.24) is 0 Å². The normalized spacial score (nSPS) is 11.1. The smallest absolute Gasteiger partial charge is 0.261 e. The van der Waals surface area contributed by atoms with Crippen LogP contribution < -0.4 is 10.5 Å². The summed E-state index contributed by atoms with van der Waals surface area (Å²) in [5.41, 5.74) is 5.55. The molecule has 2 aromatic carbocycles. The van der Waals surface area contributed by atoms with Crippen LogP contribution >= 0.6 is 28.1 Å². The molecule has 0 aliphatic carbocycles. The van der Waals surface area contributed by atoms with Gasteiger partial charge in [0.25, 0.3) is 10.0 Å². The fourth-order valence-electron chi connectivity index (χ4n) is 1.63. The van der Waals surface area contributed by atoms with Crippen LogP contribution in [0.4, 0.5) is 10.1 Å².